The molecular formula is C18H26FN3O2. The van der Waals surface area contributed by atoms with Crippen LogP contribution in [0.3, 0.4) is 0 Å². The Bertz CT molecular complexity index is 558. The zero-order valence-corrected chi connectivity index (χ0v) is 14.0. The molecular weight excluding hydrogens is 309 g/mol. The summed E-state index contributed by atoms with van der Waals surface area (Å²) in [5.74, 6) is -0.148. The second-order valence-corrected chi connectivity index (χ2v) is 6.82. The second kappa shape index (κ2) is 7.59. The number of carbonyl (C=O) groups excluding carboxylic acids is 1. The first kappa shape index (κ1) is 17.3. The van der Waals surface area contributed by atoms with Crippen LogP contribution in [0.5, 0.6) is 0 Å². The fourth-order valence-corrected chi connectivity index (χ4v) is 3.44. The zero-order valence-electron chi connectivity index (χ0n) is 14.0. The second-order valence-electron chi connectivity index (χ2n) is 6.82. The molecule has 0 radical (unpaired) electrons. The third kappa shape index (κ3) is 4.12. The van der Waals surface area contributed by atoms with Crippen LogP contribution < -0.4 is 5.73 Å². The van der Waals surface area contributed by atoms with Gasteiger partial charge in [-0.2, -0.15) is 0 Å². The molecule has 1 aromatic carbocycles. The predicted molar refractivity (Wildman–Crippen MR) is 89.8 cm³/mol. The van der Waals surface area contributed by atoms with Crippen molar-refractivity contribution in [3.8, 4) is 0 Å². The topological polar surface area (TPSA) is 58.8 Å². The van der Waals surface area contributed by atoms with E-state index < -0.39 is 5.54 Å². The van der Waals surface area contributed by atoms with Crippen molar-refractivity contribution in [2.75, 3.05) is 39.4 Å². The maximum atomic E-state index is 13.0. The van der Waals surface area contributed by atoms with Crippen molar-refractivity contribution in [2.24, 2.45) is 5.73 Å². The maximum Gasteiger partial charge on any atom is 0.242 e. The van der Waals surface area contributed by atoms with Crippen molar-refractivity contribution in [3.63, 3.8) is 0 Å². The molecule has 24 heavy (non-hydrogen) atoms. The summed E-state index contributed by atoms with van der Waals surface area (Å²) in [4.78, 5) is 17.0. The summed E-state index contributed by atoms with van der Waals surface area (Å²) in [5.41, 5.74) is 6.67. The summed E-state index contributed by atoms with van der Waals surface area (Å²) >= 11 is 0. The number of amides is 1. The first-order chi connectivity index (χ1) is 11.6. The van der Waals surface area contributed by atoms with E-state index in [4.69, 9.17) is 10.5 Å². The first-order valence-corrected chi connectivity index (χ1v) is 8.70. The lowest BCUT2D eigenvalue weighted by molar-refractivity contribution is -0.140. The highest BCUT2D eigenvalue weighted by Crippen LogP contribution is 2.21. The van der Waals surface area contributed by atoms with Gasteiger partial charge in [0, 0.05) is 45.9 Å². The van der Waals surface area contributed by atoms with Crippen LogP contribution in [0.4, 0.5) is 4.39 Å². The molecule has 1 aromatic rings. The van der Waals surface area contributed by atoms with Gasteiger partial charge in [0.1, 0.15) is 5.82 Å². The van der Waals surface area contributed by atoms with Crippen LogP contribution in [0, 0.1) is 5.82 Å². The summed E-state index contributed by atoms with van der Waals surface area (Å²) in [6.45, 7) is 5.10. The molecule has 2 saturated heterocycles. The third-order valence-electron chi connectivity index (χ3n) is 5.01. The quantitative estimate of drug-likeness (QED) is 0.906. The number of nitrogens with zero attached hydrogens (tertiary/aromatic N) is 2. The fourth-order valence-electron chi connectivity index (χ4n) is 3.44. The summed E-state index contributed by atoms with van der Waals surface area (Å²) in [7, 11) is 0. The predicted octanol–water partition coefficient (Wildman–Crippen LogP) is 1.37. The summed E-state index contributed by atoms with van der Waals surface area (Å²) in [6.07, 6.45) is 2.13. The number of halogens is 1. The van der Waals surface area contributed by atoms with E-state index in [1.807, 2.05) is 17.0 Å². The van der Waals surface area contributed by atoms with Gasteiger partial charge >= 0.3 is 0 Å². The number of benzene rings is 1. The van der Waals surface area contributed by atoms with E-state index in [1.54, 1.807) is 0 Å². The molecule has 0 spiro atoms. The summed E-state index contributed by atoms with van der Waals surface area (Å²) < 4.78 is 18.3. The van der Waals surface area contributed by atoms with Gasteiger partial charge < -0.3 is 15.4 Å². The van der Waals surface area contributed by atoms with Gasteiger partial charge in [-0.3, -0.25) is 9.69 Å². The summed E-state index contributed by atoms with van der Waals surface area (Å²) in [5, 5.41) is 0. The highest BCUT2D eigenvalue weighted by atomic mass is 19.1. The van der Waals surface area contributed by atoms with Crippen LogP contribution >= 0.6 is 0 Å². The van der Waals surface area contributed by atoms with E-state index in [9.17, 15) is 9.18 Å². The fraction of sp³-hybridized carbons (Fsp3) is 0.611. The molecule has 2 aliphatic heterocycles. The molecule has 2 fully saturated rings. The lowest BCUT2D eigenvalue weighted by atomic mass is 9.89. The van der Waals surface area contributed by atoms with Gasteiger partial charge in [0.25, 0.3) is 0 Å². The Balaban J connectivity index is 1.56. The Hall–Kier alpha value is -1.50. The molecule has 2 aliphatic rings. The van der Waals surface area contributed by atoms with Crippen LogP contribution in [0.2, 0.25) is 0 Å². The molecule has 0 atom stereocenters. The van der Waals surface area contributed by atoms with Crippen molar-refractivity contribution in [1.29, 1.82) is 0 Å². The highest BCUT2D eigenvalue weighted by Gasteiger charge is 2.39. The normalized spacial score (nSPS) is 22.2. The van der Waals surface area contributed by atoms with E-state index in [2.05, 4.69) is 4.90 Å². The highest BCUT2D eigenvalue weighted by molar-refractivity contribution is 5.86. The number of ether oxygens (including phenoxy) is 1. The van der Waals surface area contributed by atoms with Crippen molar-refractivity contribution >= 4 is 5.91 Å². The average Bonchev–Trinajstić information content (AvgIpc) is 2.82. The minimum absolute atomic E-state index is 0.0643. The number of nitrogens with two attached hydrogens (primary N) is 1. The first-order valence-electron chi connectivity index (χ1n) is 8.70. The van der Waals surface area contributed by atoms with Crippen LogP contribution in [0.15, 0.2) is 24.3 Å². The molecule has 1 amide bonds. The molecule has 5 nitrogen and oxygen atoms in total. The Morgan fingerprint density at radius 2 is 1.83 bits per heavy atom. The minimum atomic E-state index is -0.760. The van der Waals surface area contributed by atoms with E-state index in [-0.39, 0.29) is 11.7 Å². The Kier molecular flexibility index (Phi) is 5.48. The van der Waals surface area contributed by atoms with Crippen molar-refractivity contribution in [1.82, 2.24) is 9.80 Å². The van der Waals surface area contributed by atoms with Gasteiger partial charge in [0.05, 0.1) is 5.54 Å². The Morgan fingerprint density at radius 3 is 2.54 bits per heavy atom. The molecule has 132 valence electrons. The van der Waals surface area contributed by atoms with Gasteiger partial charge in [-0.05, 0) is 37.0 Å². The van der Waals surface area contributed by atoms with Gasteiger partial charge in [0.2, 0.25) is 5.91 Å². The van der Waals surface area contributed by atoms with Gasteiger partial charge in [-0.15, -0.1) is 0 Å². The average molecular weight is 335 g/mol. The standard InChI is InChI=1S/C18H26FN3O2/c19-16-4-2-15(3-5-16)14-21-8-1-9-22(11-10-21)17(23)18(20)6-12-24-13-7-18/h2-5H,1,6-14,20H2. The Labute approximate surface area is 142 Å². The van der Waals surface area contributed by atoms with E-state index >= 15 is 0 Å². The lowest BCUT2D eigenvalue weighted by Gasteiger charge is -2.36. The van der Waals surface area contributed by atoms with Crippen molar-refractivity contribution in [2.45, 2.75) is 31.3 Å². The number of carbonyl (C=O) groups is 1. The lowest BCUT2D eigenvalue weighted by Crippen LogP contribution is -2.58. The van der Waals surface area contributed by atoms with E-state index in [0.29, 0.717) is 32.6 Å². The molecule has 0 aliphatic carbocycles. The molecule has 0 saturated carbocycles. The summed E-state index contributed by atoms with van der Waals surface area (Å²) in [6, 6.07) is 6.62. The number of hydrogen-bond donors (Lipinski definition) is 1. The smallest absolute Gasteiger partial charge is 0.242 e. The molecule has 0 bridgehead atoms. The SMILES string of the molecule is NC1(C(=O)N2CCCN(Cc3ccc(F)cc3)CC2)CCOCC1. The molecule has 2 N–H and O–H groups in total. The van der Waals surface area contributed by atoms with E-state index in [1.165, 1.54) is 12.1 Å². The van der Waals surface area contributed by atoms with Gasteiger partial charge in [0.15, 0.2) is 0 Å². The van der Waals surface area contributed by atoms with Crippen LogP contribution in [0.25, 0.3) is 0 Å². The largest absolute Gasteiger partial charge is 0.381 e. The molecule has 0 unspecified atom stereocenters. The van der Waals surface area contributed by atoms with Crippen molar-refractivity contribution < 1.29 is 13.9 Å². The van der Waals surface area contributed by atoms with Gasteiger partial charge in [-0.1, -0.05) is 12.1 Å². The zero-order chi connectivity index (χ0) is 17.0. The van der Waals surface area contributed by atoms with Crippen molar-refractivity contribution in [3.05, 3.63) is 35.6 Å². The van der Waals surface area contributed by atoms with Gasteiger partial charge in [-0.25, -0.2) is 4.39 Å². The maximum absolute atomic E-state index is 13.0. The van der Waals surface area contributed by atoms with Crippen LogP contribution in [-0.2, 0) is 16.1 Å². The van der Waals surface area contributed by atoms with Crippen LogP contribution in [-0.4, -0.2) is 60.6 Å². The third-order valence-corrected chi connectivity index (χ3v) is 5.01. The molecule has 2 heterocycles. The van der Waals surface area contributed by atoms with E-state index in [0.717, 1.165) is 38.2 Å². The molecule has 6 heteroatoms. The monoisotopic (exact) mass is 335 g/mol. The Morgan fingerprint density at radius 1 is 1.12 bits per heavy atom. The van der Waals surface area contributed by atoms with Crippen LogP contribution in [0.1, 0.15) is 24.8 Å². The number of rotatable bonds is 3. The molecule has 3 rings (SSSR count). The number of hydrogen-bond acceptors (Lipinski definition) is 4. The molecule has 0 aromatic heterocycles. The minimum Gasteiger partial charge on any atom is -0.381 e.